The summed E-state index contributed by atoms with van der Waals surface area (Å²) in [4.78, 5) is 10.4. The molecule has 2 heterocycles. The van der Waals surface area contributed by atoms with Crippen LogP contribution >= 0.6 is 0 Å². The lowest BCUT2D eigenvalue weighted by atomic mass is 10.4. The van der Waals surface area contributed by atoms with Gasteiger partial charge in [-0.3, -0.25) is 0 Å². The summed E-state index contributed by atoms with van der Waals surface area (Å²) in [5.74, 6) is 0.517. The predicted molar refractivity (Wildman–Crippen MR) is 61.3 cm³/mol. The monoisotopic (exact) mass is 253 g/mol. The van der Waals surface area contributed by atoms with Gasteiger partial charge in [-0.05, 0) is 12.1 Å². The van der Waals surface area contributed by atoms with Crippen molar-refractivity contribution in [1.82, 2.24) is 19.7 Å². The number of aromatic nitrogens is 3. The molecule has 0 radical (unpaired) electrons. The van der Waals surface area contributed by atoms with Crippen molar-refractivity contribution in [2.75, 3.05) is 5.73 Å². The van der Waals surface area contributed by atoms with Gasteiger partial charge in [0.2, 0.25) is 0 Å². The van der Waals surface area contributed by atoms with E-state index in [0.717, 1.165) is 0 Å². The smallest absolute Gasteiger partial charge is 0.260 e. The van der Waals surface area contributed by atoms with Crippen LogP contribution in [0.3, 0.4) is 0 Å². The molecular formula is C9H11N5O2S. The Labute approximate surface area is 98.2 Å². The van der Waals surface area contributed by atoms with E-state index in [0.29, 0.717) is 5.82 Å². The summed E-state index contributed by atoms with van der Waals surface area (Å²) in [6, 6.07) is 3.05. The Balaban J connectivity index is 2.17. The molecule has 0 unspecified atom stereocenters. The predicted octanol–water partition coefficient (Wildman–Crippen LogP) is -0.135. The van der Waals surface area contributed by atoms with Crippen molar-refractivity contribution in [2.24, 2.45) is 0 Å². The van der Waals surface area contributed by atoms with Gasteiger partial charge in [-0.2, -0.15) is 0 Å². The molecule has 2 aromatic heterocycles. The maximum absolute atomic E-state index is 11.9. The molecule has 0 spiro atoms. The number of pyridine rings is 1. The molecule has 8 heteroatoms. The topological polar surface area (TPSA) is 114 Å². The Morgan fingerprint density at radius 2 is 2.18 bits per heavy atom. The first-order valence-electron chi connectivity index (χ1n) is 4.78. The second-order valence-corrected chi connectivity index (χ2v) is 4.94. The fraction of sp³-hybridized carbons (Fsp3) is 0.111. The van der Waals surface area contributed by atoms with Crippen LogP contribution in [0.4, 0.5) is 5.69 Å². The van der Waals surface area contributed by atoms with Crippen LogP contribution in [0.15, 0.2) is 35.7 Å². The van der Waals surface area contributed by atoms with Crippen LogP contribution in [-0.4, -0.2) is 23.4 Å². The second-order valence-electron chi connectivity index (χ2n) is 3.26. The SMILES string of the molecule is Nc1cccnc1S(=O)(=O)NCc1ncc[nH]1. The first kappa shape index (κ1) is 11.6. The lowest BCUT2D eigenvalue weighted by Gasteiger charge is -2.06. The zero-order valence-corrected chi connectivity index (χ0v) is 9.61. The van der Waals surface area contributed by atoms with E-state index in [9.17, 15) is 8.42 Å². The van der Waals surface area contributed by atoms with Crippen LogP contribution in [0.1, 0.15) is 5.82 Å². The first-order chi connectivity index (χ1) is 8.09. The molecule has 0 aliphatic heterocycles. The molecular weight excluding hydrogens is 242 g/mol. The number of nitrogens with one attached hydrogen (secondary N) is 2. The number of imidazole rings is 1. The Morgan fingerprint density at radius 1 is 1.35 bits per heavy atom. The van der Waals surface area contributed by atoms with E-state index in [1.165, 1.54) is 12.3 Å². The van der Waals surface area contributed by atoms with Gasteiger partial charge in [0.1, 0.15) is 5.82 Å². The molecule has 0 saturated heterocycles. The Hall–Kier alpha value is -1.93. The fourth-order valence-electron chi connectivity index (χ4n) is 1.25. The highest BCUT2D eigenvalue weighted by Gasteiger charge is 2.18. The first-order valence-corrected chi connectivity index (χ1v) is 6.26. The lowest BCUT2D eigenvalue weighted by molar-refractivity contribution is 0.576. The molecule has 0 atom stereocenters. The highest BCUT2D eigenvalue weighted by molar-refractivity contribution is 7.89. The maximum atomic E-state index is 11.9. The van der Waals surface area contributed by atoms with Crippen LogP contribution in [-0.2, 0) is 16.6 Å². The molecule has 4 N–H and O–H groups in total. The molecule has 0 amide bonds. The average Bonchev–Trinajstić information content (AvgIpc) is 2.80. The van der Waals surface area contributed by atoms with Gasteiger partial charge in [-0.1, -0.05) is 0 Å². The largest absolute Gasteiger partial charge is 0.396 e. The summed E-state index contributed by atoms with van der Waals surface area (Å²) in [6.45, 7) is 0.0609. The van der Waals surface area contributed by atoms with Crippen LogP contribution < -0.4 is 10.5 Å². The third-order valence-electron chi connectivity index (χ3n) is 2.04. The number of H-pyrrole nitrogens is 1. The fourth-order valence-corrected chi connectivity index (χ4v) is 2.30. The zero-order chi connectivity index (χ0) is 12.3. The van der Waals surface area contributed by atoms with Crippen molar-refractivity contribution in [1.29, 1.82) is 0 Å². The molecule has 0 saturated carbocycles. The number of hydrogen-bond donors (Lipinski definition) is 3. The summed E-state index contributed by atoms with van der Waals surface area (Å²) in [5.41, 5.74) is 5.66. The molecule has 0 aliphatic rings. The van der Waals surface area contributed by atoms with Gasteiger partial charge < -0.3 is 10.7 Å². The number of aromatic amines is 1. The molecule has 7 nitrogen and oxygen atoms in total. The summed E-state index contributed by atoms with van der Waals surface area (Å²) in [6.07, 6.45) is 4.52. The number of nitrogens with zero attached hydrogens (tertiary/aromatic N) is 2. The minimum Gasteiger partial charge on any atom is -0.396 e. The Kier molecular flexibility index (Phi) is 3.07. The Morgan fingerprint density at radius 3 is 2.82 bits per heavy atom. The normalized spacial score (nSPS) is 11.5. The molecule has 0 fully saturated rings. The number of hydrogen-bond acceptors (Lipinski definition) is 5. The molecule has 90 valence electrons. The van der Waals surface area contributed by atoms with Crippen molar-refractivity contribution >= 4 is 15.7 Å². The van der Waals surface area contributed by atoms with Crippen molar-refractivity contribution < 1.29 is 8.42 Å². The van der Waals surface area contributed by atoms with Gasteiger partial charge in [0.05, 0.1) is 12.2 Å². The van der Waals surface area contributed by atoms with Crippen molar-refractivity contribution in [3.05, 3.63) is 36.5 Å². The maximum Gasteiger partial charge on any atom is 0.260 e. The van der Waals surface area contributed by atoms with Gasteiger partial charge in [0.25, 0.3) is 10.0 Å². The Bertz CT molecular complexity index is 594. The van der Waals surface area contributed by atoms with E-state index >= 15 is 0 Å². The van der Waals surface area contributed by atoms with E-state index in [1.807, 2.05) is 0 Å². The summed E-state index contributed by atoms with van der Waals surface area (Å²) in [5, 5.41) is -0.174. The summed E-state index contributed by atoms with van der Waals surface area (Å²) >= 11 is 0. The second kappa shape index (κ2) is 4.52. The minimum atomic E-state index is -3.71. The van der Waals surface area contributed by atoms with E-state index in [4.69, 9.17) is 5.73 Å². The number of rotatable bonds is 4. The van der Waals surface area contributed by atoms with Crippen molar-refractivity contribution in [2.45, 2.75) is 11.6 Å². The summed E-state index contributed by atoms with van der Waals surface area (Å²) in [7, 11) is -3.71. The number of sulfonamides is 1. The third-order valence-corrected chi connectivity index (χ3v) is 3.41. The van der Waals surface area contributed by atoms with Crippen LogP contribution in [0, 0.1) is 0 Å². The molecule has 2 rings (SSSR count). The van der Waals surface area contributed by atoms with Crippen LogP contribution in [0.25, 0.3) is 0 Å². The van der Waals surface area contributed by atoms with Crippen molar-refractivity contribution in [3.63, 3.8) is 0 Å². The minimum absolute atomic E-state index is 0.0609. The molecule has 0 aromatic carbocycles. The number of anilines is 1. The van der Waals surface area contributed by atoms with Gasteiger partial charge >= 0.3 is 0 Å². The van der Waals surface area contributed by atoms with Gasteiger partial charge in [-0.25, -0.2) is 23.1 Å². The average molecular weight is 253 g/mol. The van der Waals surface area contributed by atoms with Crippen molar-refractivity contribution in [3.8, 4) is 0 Å². The van der Waals surface area contributed by atoms with E-state index < -0.39 is 10.0 Å². The van der Waals surface area contributed by atoms with E-state index in [-0.39, 0.29) is 17.3 Å². The molecule has 17 heavy (non-hydrogen) atoms. The third kappa shape index (κ3) is 2.60. The van der Waals surface area contributed by atoms with Crippen LogP contribution in [0.2, 0.25) is 0 Å². The standard InChI is InChI=1S/C9H11N5O2S/c10-7-2-1-3-13-9(7)17(15,16)14-6-8-11-4-5-12-8/h1-5,14H,6,10H2,(H,11,12). The highest BCUT2D eigenvalue weighted by atomic mass is 32.2. The number of nitrogens with two attached hydrogens (primary N) is 1. The van der Waals surface area contributed by atoms with Gasteiger partial charge in [-0.15, -0.1) is 0 Å². The van der Waals surface area contributed by atoms with Gasteiger partial charge in [0, 0.05) is 18.6 Å². The molecule has 0 aliphatic carbocycles. The zero-order valence-electron chi connectivity index (χ0n) is 8.79. The van der Waals surface area contributed by atoms with E-state index in [2.05, 4.69) is 19.7 Å². The highest BCUT2D eigenvalue weighted by Crippen LogP contribution is 2.13. The van der Waals surface area contributed by atoms with E-state index in [1.54, 1.807) is 18.5 Å². The number of nitrogen functional groups attached to an aromatic ring is 1. The quantitative estimate of drug-likeness (QED) is 0.702. The lowest BCUT2D eigenvalue weighted by Crippen LogP contribution is -2.25. The van der Waals surface area contributed by atoms with Crippen LogP contribution in [0.5, 0.6) is 0 Å². The molecule has 0 bridgehead atoms. The molecule has 2 aromatic rings. The summed E-state index contributed by atoms with van der Waals surface area (Å²) < 4.78 is 26.1. The van der Waals surface area contributed by atoms with Gasteiger partial charge in [0.15, 0.2) is 5.03 Å².